The topological polar surface area (TPSA) is 175 Å². The third-order valence-corrected chi connectivity index (χ3v) is 4.27. The van der Waals surface area contributed by atoms with Gasteiger partial charge in [-0.2, -0.15) is 11.1 Å². The van der Waals surface area contributed by atoms with Crippen LogP contribution in [0, 0.1) is 0 Å². The number of aliphatic hydroxyl groups is 3. The summed E-state index contributed by atoms with van der Waals surface area (Å²) in [5.74, 6) is 0.274. The van der Waals surface area contributed by atoms with E-state index in [-0.39, 0.29) is 12.0 Å². The summed E-state index contributed by atoms with van der Waals surface area (Å²) in [6, 6.07) is 0. The van der Waals surface area contributed by atoms with Gasteiger partial charge in [0.15, 0.2) is 6.23 Å². The Balaban J connectivity index is 1.83. The van der Waals surface area contributed by atoms with E-state index in [1.807, 2.05) is 0 Å². The number of hydrazine groups is 3. The van der Waals surface area contributed by atoms with Crippen molar-refractivity contribution in [2.24, 2.45) is 0 Å². The molecule has 0 aromatic carbocycles. The van der Waals surface area contributed by atoms with Crippen molar-refractivity contribution in [2.75, 3.05) is 12.3 Å². The minimum absolute atomic E-state index is 0.274. The van der Waals surface area contributed by atoms with E-state index in [1.165, 1.54) is 6.33 Å². The number of nitrogens with one attached hydrogen (secondary N) is 4. The van der Waals surface area contributed by atoms with Gasteiger partial charge in [0.05, 0.1) is 12.0 Å². The number of fused-ring (bicyclic) bond motifs is 1. The van der Waals surface area contributed by atoms with Crippen molar-refractivity contribution >= 4 is 16.9 Å². The number of nitrogen functional groups attached to an aromatic ring is 1. The number of hydrogen-bond acceptors (Lipinski definition) is 11. The van der Waals surface area contributed by atoms with Crippen molar-refractivity contribution in [2.45, 2.75) is 30.7 Å². The number of anilines is 1. The normalized spacial score (nSPS) is 31.3. The first-order valence-electron chi connectivity index (χ1n) is 7.36. The molecule has 24 heavy (non-hydrogen) atoms. The van der Waals surface area contributed by atoms with E-state index in [2.05, 4.69) is 31.9 Å². The molecule has 4 unspecified atom stereocenters. The monoisotopic (exact) mass is 338 g/mol. The first kappa shape index (κ1) is 15.6. The molecule has 9 N–H and O–H groups in total. The van der Waals surface area contributed by atoms with Crippen molar-refractivity contribution in [1.82, 2.24) is 36.5 Å². The predicted octanol–water partition coefficient (Wildman–Crippen LogP) is -3.26. The van der Waals surface area contributed by atoms with Crippen LogP contribution in [0.3, 0.4) is 0 Å². The van der Waals surface area contributed by atoms with E-state index in [0.717, 1.165) is 5.56 Å². The molecule has 4 rings (SSSR count). The van der Waals surface area contributed by atoms with Crippen LogP contribution in [0.2, 0.25) is 0 Å². The second-order valence-corrected chi connectivity index (χ2v) is 5.65. The summed E-state index contributed by atoms with van der Waals surface area (Å²) in [4.78, 5) is 8.24. The highest BCUT2D eigenvalue weighted by Crippen LogP contribution is 2.35. The van der Waals surface area contributed by atoms with Gasteiger partial charge in [0, 0.05) is 11.8 Å². The molecule has 4 atom stereocenters. The first-order valence-corrected chi connectivity index (χ1v) is 7.36. The molecule has 2 aliphatic rings. The van der Waals surface area contributed by atoms with Gasteiger partial charge in [0.2, 0.25) is 0 Å². The molecule has 4 heterocycles. The standard InChI is InChI=1S/C12H18N8O4/c13-9-6-4(10-16-18-19-17-10)1-20(11(6)15-3-14-9)12-8(23)7(22)5(2-21)24-12/h1,3,5,7-8,10,12,16-19,21-23H,2H2,(H2,13,14,15). The zero-order chi connectivity index (χ0) is 16.8. The quantitative estimate of drug-likeness (QED) is 0.282. The van der Waals surface area contributed by atoms with Crippen molar-refractivity contribution in [3.05, 3.63) is 18.1 Å². The summed E-state index contributed by atoms with van der Waals surface area (Å²) in [6.45, 7) is -0.405. The smallest absolute Gasteiger partial charge is 0.164 e. The van der Waals surface area contributed by atoms with Crippen LogP contribution < -0.4 is 27.7 Å². The molecule has 2 aliphatic heterocycles. The molecule has 0 amide bonds. The lowest BCUT2D eigenvalue weighted by molar-refractivity contribution is -0.0509. The highest BCUT2D eigenvalue weighted by atomic mass is 16.6. The molecule has 2 aromatic heterocycles. The fourth-order valence-electron chi connectivity index (χ4n) is 3.07. The third kappa shape index (κ3) is 2.25. The molecule has 0 bridgehead atoms. The van der Waals surface area contributed by atoms with Crippen LogP contribution in [-0.2, 0) is 4.74 Å². The molecule has 2 fully saturated rings. The number of nitrogens with zero attached hydrogens (tertiary/aromatic N) is 3. The molecule has 12 nitrogen and oxygen atoms in total. The highest BCUT2D eigenvalue weighted by molar-refractivity contribution is 5.90. The molecule has 0 aliphatic carbocycles. The Labute approximate surface area is 135 Å². The lowest BCUT2D eigenvalue weighted by Gasteiger charge is -2.17. The summed E-state index contributed by atoms with van der Waals surface area (Å²) < 4.78 is 7.16. The molecule has 2 aromatic rings. The maximum absolute atomic E-state index is 10.3. The molecule has 0 spiro atoms. The molecule has 0 saturated carbocycles. The van der Waals surface area contributed by atoms with E-state index in [1.54, 1.807) is 10.8 Å². The van der Waals surface area contributed by atoms with Gasteiger partial charge in [-0.15, -0.1) is 0 Å². The fraction of sp³-hybridized carbons (Fsp3) is 0.500. The van der Waals surface area contributed by atoms with E-state index in [9.17, 15) is 15.3 Å². The van der Waals surface area contributed by atoms with Crippen molar-refractivity contribution in [3.63, 3.8) is 0 Å². The average Bonchev–Trinajstić information content (AvgIpc) is 3.28. The maximum atomic E-state index is 10.3. The van der Waals surface area contributed by atoms with E-state index >= 15 is 0 Å². The Kier molecular flexibility index (Phi) is 3.82. The van der Waals surface area contributed by atoms with Gasteiger partial charge >= 0.3 is 0 Å². The van der Waals surface area contributed by atoms with Crippen molar-refractivity contribution in [3.8, 4) is 0 Å². The Morgan fingerprint density at radius 3 is 2.62 bits per heavy atom. The van der Waals surface area contributed by atoms with E-state index in [0.29, 0.717) is 11.0 Å². The van der Waals surface area contributed by atoms with Crippen LogP contribution >= 0.6 is 0 Å². The highest BCUT2D eigenvalue weighted by Gasteiger charge is 2.44. The number of aliphatic hydroxyl groups excluding tert-OH is 3. The Hall–Kier alpha value is -1.90. The van der Waals surface area contributed by atoms with Crippen LogP contribution in [0.15, 0.2) is 12.5 Å². The predicted molar refractivity (Wildman–Crippen MR) is 80.2 cm³/mol. The Morgan fingerprint density at radius 1 is 1.21 bits per heavy atom. The van der Waals surface area contributed by atoms with Crippen LogP contribution in [-0.4, -0.2) is 54.8 Å². The summed E-state index contributed by atoms with van der Waals surface area (Å²) >= 11 is 0. The second-order valence-electron chi connectivity index (χ2n) is 5.65. The van der Waals surface area contributed by atoms with Gasteiger partial charge in [-0.05, 0) is 0 Å². The molecule has 12 heteroatoms. The van der Waals surface area contributed by atoms with Crippen molar-refractivity contribution in [1.29, 1.82) is 0 Å². The Bertz CT molecular complexity index is 748. The number of rotatable bonds is 3. The van der Waals surface area contributed by atoms with E-state index in [4.69, 9.17) is 10.5 Å². The third-order valence-electron chi connectivity index (χ3n) is 4.27. The van der Waals surface area contributed by atoms with Gasteiger partial charge in [-0.25, -0.2) is 20.8 Å². The lowest BCUT2D eigenvalue weighted by atomic mass is 10.1. The van der Waals surface area contributed by atoms with E-state index < -0.39 is 31.1 Å². The summed E-state index contributed by atoms with van der Waals surface area (Å²) in [5.41, 5.74) is 18.5. The lowest BCUT2D eigenvalue weighted by Crippen LogP contribution is -2.33. The van der Waals surface area contributed by atoms with Gasteiger partial charge in [-0.3, -0.25) is 0 Å². The fourth-order valence-corrected chi connectivity index (χ4v) is 3.07. The van der Waals surface area contributed by atoms with Gasteiger partial charge in [0.1, 0.15) is 42.3 Å². The molecule has 0 radical (unpaired) electrons. The zero-order valence-electron chi connectivity index (χ0n) is 12.4. The summed E-state index contributed by atoms with van der Waals surface area (Å²) in [5, 5.41) is 30.1. The SMILES string of the molecule is Nc1ncnc2c1c(C1NNNN1)cn2C1OC(CO)C(O)C1O. The minimum atomic E-state index is -1.22. The first-order chi connectivity index (χ1) is 11.6. The zero-order valence-corrected chi connectivity index (χ0v) is 12.4. The van der Waals surface area contributed by atoms with Crippen LogP contribution in [0.5, 0.6) is 0 Å². The molecule has 2 saturated heterocycles. The molecule has 130 valence electrons. The number of nitrogens with two attached hydrogens (primary N) is 1. The van der Waals surface area contributed by atoms with Gasteiger partial charge in [0.25, 0.3) is 0 Å². The minimum Gasteiger partial charge on any atom is -0.394 e. The van der Waals surface area contributed by atoms with Crippen LogP contribution in [0.1, 0.15) is 18.0 Å². The van der Waals surface area contributed by atoms with Crippen LogP contribution in [0.4, 0.5) is 5.82 Å². The van der Waals surface area contributed by atoms with Gasteiger partial charge < -0.3 is 30.4 Å². The Morgan fingerprint density at radius 2 is 1.96 bits per heavy atom. The number of aromatic nitrogens is 3. The van der Waals surface area contributed by atoms with Gasteiger partial charge in [-0.1, -0.05) is 0 Å². The molecular formula is C12H18N8O4. The largest absolute Gasteiger partial charge is 0.394 e. The summed E-state index contributed by atoms with van der Waals surface area (Å²) in [6.07, 6.45) is -1.53. The molecular weight excluding hydrogens is 320 g/mol. The summed E-state index contributed by atoms with van der Waals surface area (Å²) in [7, 11) is 0. The number of ether oxygens (including phenoxy) is 1. The number of hydrogen-bond donors (Lipinski definition) is 8. The second kappa shape index (κ2) is 5.87. The van der Waals surface area contributed by atoms with Crippen LogP contribution in [0.25, 0.3) is 11.0 Å². The average molecular weight is 338 g/mol. The van der Waals surface area contributed by atoms with Crippen molar-refractivity contribution < 1.29 is 20.1 Å². The maximum Gasteiger partial charge on any atom is 0.164 e.